The molecule has 2 aromatic heterocycles. The molecule has 2 amide bonds. The zero-order valence-corrected chi connectivity index (χ0v) is 33.6. The average Bonchev–Trinajstić information content (AvgIpc) is 3.58. The Morgan fingerprint density at radius 2 is 1.78 bits per heavy atom. The van der Waals surface area contributed by atoms with Gasteiger partial charge < -0.3 is 45.0 Å². The van der Waals surface area contributed by atoms with E-state index in [-0.39, 0.29) is 68.0 Å². The van der Waals surface area contributed by atoms with Crippen LogP contribution in [0.3, 0.4) is 0 Å². The molecule has 0 spiro atoms. The monoisotopic (exact) mass is 811 g/mol. The van der Waals surface area contributed by atoms with Crippen LogP contribution in [0.4, 0.5) is 10.5 Å². The Hall–Kier alpha value is -6.13. The van der Waals surface area contributed by atoms with Crippen LogP contribution in [0.5, 0.6) is 5.75 Å². The summed E-state index contributed by atoms with van der Waals surface area (Å²) in [5.41, 5.74) is 8.03. The smallest absolute Gasteiger partial charge is 0.508 e. The molecular formula is C43H49N5O11. The van der Waals surface area contributed by atoms with Crippen LogP contribution in [0.2, 0.25) is 0 Å². The van der Waals surface area contributed by atoms with E-state index in [1.54, 1.807) is 73.9 Å². The van der Waals surface area contributed by atoms with Gasteiger partial charge in [0, 0.05) is 28.1 Å². The average molecular weight is 812 g/mol. The van der Waals surface area contributed by atoms with E-state index in [4.69, 9.17) is 29.7 Å². The number of nitrogens with zero attached hydrogens (tertiary/aromatic N) is 2. The second-order valence-corrected chi connectivity index (χ2v) is 14.9. The van der Waals surface area contributed by atoms with Gasteiger partial charge >= 0.3 is 12.1 Å². The minimum Gasteiger partial charge on any atom is -0.508 e. The quantitative estimate of drug-likeness (QED) is 0.0750. The lowest BCUT2D eigenvalue weighted by atomic mass is 9.85. The number of esters is 1. The lowest BCUT2D eigenvalue weighted by molar-refractivity contribution is -0.175. The molecule has 2 aliphatic heterocycles. The molecule has 16 nitrogen and oxygen atoms in total. The predicted molar refractivity (Wildman–Crippen MR) is 215 cm³/mol. The van der Waals surface area contributed by atoms with Crippen molar-refractivity contribution < 1.29 is 48.0 Å². The van der Waals surface area contributed by atoms with Crippen molar-refractivity contribution in [1.29, 1.82) is 0 Å². The molecule has 0 radical (unpaired) electrons. The first-order chi connectivity index (χ1) is 28.3. The molecule has 0 bridgehead atoms. The molecule has 0 saturated heterocycles. The van der Waals surface area contributed by atoms with Crippen LogP contribution >= 0.6 is 0 Å². The fourth-order valence-corrected chi connectivity index (χ4v) is 7.35. The van der Waals surface area contributed by atoms with Gasteiger partial charge in [-0.05, 0) is 86.2 Å². The summed E-state index contributed by atoms with van der Waals surface area (Å²) in [6.45, 7) is 6.64. The number of nitrogens with one attached hydrogen (secondary N) is 2. The minimum absolute atomic E-state index is 0.0543. The SMILES string of the molecule is CCc1c2c(nc3ccc(O)cc13)-c1cc3c(c(=O)n1C2)COC(=O)[C@@]3(CC)OC(=O)OCc1ccc(NC(=O)[C@H](CCCCN)NC(=O)COCC(=O)C(C)C)cc1. The Morgan fingerprint density at radius 1 is 1.02 bits per heavy atom. The molecule has 6 rings (SSSR count). The van der Waals surface area contributed by atoms with Gasteiger partial charge in [-0.15, -0.1) is 0 Å². The molecule has 312 valence electrons. The van der Waals surface area contributed by atoms with Crippen molar-refractivity contribution in [3.63, 3.8) is 0 Å². The van der Waals surface area contributed by atoms with Crippen LogP contribution in [0, 0.1) is 5.92 Å². The summed E-state index contributed by atoms with van der Waals surface area (Å²) in [5.74, 6) is -2.10. The highest BCUT2D eigenvalue weighted by Gasteiger charge is 2.51. The minimum atomic E-state index is -1.97. The molecule has 2 aromatic carbocycles. The van der Waals surface area contributed by atoms with Crippen molar-refractivity contribution >= 4 is 46.3 Å². The first kappa shape index (κ1) is 42.5. The van der Waals surface area contributed by atoms with Crippen molar-refractivity contribution in [1.82, 2.24) is 14.9 Å². The van der Waals surface area contributed by atoms with E-state index in [9.17, 15) is 33.9 Å². The number of pyridine rings is 2. The van der Waals surface area contributed by atoms with Crippen molar-refractivity contribution in [3.05, 3.63) is 86.7 Å². The molecule has 0 saturated carbocycles. The Bertz CT molecular complexity index is 2340. The van der Waals surface area contributed by atoms with Crippen molar-refractivity contribution in [2.75, 3.05) is 25.1 Å². The van der Waals surface area contributed by atoms with E-state index in [0.717, 1.165) is 16.5 Å². The molecule has 4 aromatic rings. The van der Waals surface area contributed by atoms with Gasteiger partial charge in [-0.25, -0.2) is 14.6 Å². The zero-order chi connectivity index (χ0) is 42.4. The number of cyclic esters (lactones) is 1. The Morgan fingerprint density at radius 3 is 2.47 bits per heavy atom. The number of carbonyl (C=O) groups excluding carboxylic acids is 5. The third-order valence-electron chi connectivity index (χ3n) is 10.7. The highest BCUT2D eigenvalue weighted by molar-refractivity contribution is 5.97. The van der Waals surface area contributed by atoms with Crippen LogP contribution in [0.25, 0.3) is 22.3 Å². The van der Waals surface area contributed by atoms with Crippen LogP contribution in [-0.2, 0) is 69.9 Å². The molecule has 0 aliphatic carbocycles. The third-order valence-corrected chi connectivity index (χ3v) is 10.7. The molecule has 16 heteroatoms. The number of benzene rings is 2. The number of ketones is 1. The highest BCUT2D eigenvalue weighted by Crippen LogP contribution is 2.42. The topological polar surface area (TPSA) is 227 Å². The Kier molecular flexibility index (Phi) is 13.1. The van der Waals surface area contributed by atoms with E-state index >= 15 is 0 Å². The number of carbonyl (C=O) groups is 5. The Balaban J connectivity index is 1.13. The molecule has 0 unspecified atom stereocenters. The van der Waals surface area contributed by atoms with E-state index < -0.39 is 41.1 Å². The maximum Gasteiger partial charge on any atom is 0.510 e. The van der Waals surface area contributed by atoms with Gasteiger partial charge in [0.15, 0.2) is 5.78 Å². The second-order valence-electron chi connectivity index (χ2n) is 14.9. The summed E-state index contributed by atoms with van der Waals surface area (Å²) in [6, 6.07) is 12.1. The number of rotatable bonds is 17. The van der Waals surface area contributed by atoms with Crippen LogP contribution in [-0.4, -0.2) is 70.2 Å². The maximum atomic E-state index is 14.0. The largest absolute Gasteiger partial charge is 0.510 e. The lowest BCUT2D eigenvalue weighted by Gasteiger charge is -2.35. The lowest BCUT2D eigenvalue weighted by Crippen LogP contribution is -2.47. The van der Waals surface area contributed by atoms with Crippen LogP contribution in [0.1, 0.15) is 81.2 Å². The number of hydrogen-bond donors (Lipinski definition) is 4. The number of amides is 2. The Labute approximate surface area is 340 Å². The van der Waals surface area contributed by atoms with E-state index in [0.29, 0.717) is 60.4 Å². The van der Waals surface area contributed by atoms with Gasteiger partial charge in [-0.1, -0.05) is 39.8 Å². The normalized spacial score (nSPS) is 15.8. The number of hydrogen-bond acceptors (Lipinski definition) is 13. The molecule has 2 atom stereocenters. The number of Topliss-reactive ketones (excluding diaryl/α,β-unsaturated/α-hetero) is 1. The van der Waals surface area contributed by atoms with Gasteiger partial charge in [-0.2, -0.15) is 0 Å². The third kappa shape index (κ3) is 8.98. The van der Waals surface area contributed by atoms with Gasteiger partial charge in [0.25, 0.3) is 5.56 Å². The molecule has 5 N–H and O–H groups in total. The first-order valence-corrected chi connectivity index (χ1v) is 19.7. The van der Waals surface area contributed by atoms with Crippen molar-refractivity contribution in [2.45, 2.75) is 91.2 Å². The number of anilines is 1. The number of phenols is 1. The maximum absolute atomic E-state index is 14.0. The van der Waals surface area contributed by atoms with Crippen molar-refractivity contribution in [3.8, 4) is 17.1 Å². The molecule has 2 aliphatic rings. The van der Waals surface area contributed by atoms with Crippen LogP contribution in [0.15, 0.2) is 53.3 Å². The van der Waals surface area contributed by atoms with E-state index in [1.807, 2.05) is 6.92 Å². The number of unbranched alkanes of at least 4 members (excludes halogenated alkanes) is 1. The summed E-state index contributed by atoms with van der Waals surface area (Å²) in [7, 11) is 0. The summed E-state index contributed by atoms with van der Waals surface area (Å²) in [6.07, 6.45) is 0.972. The predicted octanol–water partition coefficient (Wildman–Crippen LogP) is 4.50. The first-order valence-electron chi connectivity index (χ1n) is 19.7. The fourth-order valence-electron chi connectivity index (χ4n) is 7.35. The zero-order valence-electron chi connectivity index (χ0n) is 33.6. The van der Waals surface area contributed by atoms with Gasteiger partial charge in [0.05, 0.1) is 29.0 Å². The number of aromatic nitrogens is 2. The molecule has 0 fully saturated rings. The fraction of sp³-hybridized carbons (Fsp3) is 0.419. The summed E-state index contributed by atoms with van der Waals surface area (Å²) in [4.78, 5) is 83.2. The van der Waals surface area contributed by atoms with E-state index in [2.05, 4.69) is 10.6 Å². The number of aryl methyl sites for hydroxylation is 1. The summed E-state index contributed by atoms with van der Waals surface area (Å²) < 4.78 is 23.5. The number of nitrogens with two attached hydrogens (primary N) is 1. The number of fused-ring (bicyclic) bond motifs is 5. The molecule has 59 heavy (non-hydrogen) atoms. The molecule has 4 heterocycles. The summed E-state index contributed by atoms with van der Waals surface area (Å²) in [5, 5.41) is 16.4. The number of ether oxygens (including phenoxy) is 4. The number of phenolic OH excluding ortho intramolecular Hbond substituents is 1. The highest BCUT2D eigenvalue weighted by atomic mass is 16.7. The number of aromatic hydroxyl groups is 1. The van der Waals surface area contributed by atoms with Crippen LogP contribution < -0.4 is 21.9 Å². The van der Waals surface area contributed by atoms with Gasteiger partial charge in [-0.3, -0.25) is 19.2 Å². The van der Waals surface area contributed by atoms with E-state index in [1.165, 1.54) is 0 Å². The van der Waals surface area contributed by atoms with Crippen molar-refractivity contribution in [2.24, 2.45) is 11.7 Å². The second kappa shape index (κ2) is 18.2. The summed E-state index contributed by atoms with van der Waals surface area (Å²) >= 11 is 0. The standard InChI is InChI=1S/C43H49N5O11/c1-5-28-29-17-27(49)14-15-33(29)47-38-30(28)19-48-35(38)18-32-31(40(48)53)21-57-41(54)43(32,6-2)59-42(55)58-20-25-10-12-26(13-11-25)45-39(52)34(9-7-8-16-44)46-37(51)23-56-22-36(50)24(3)4/h10-15,17-18,24,34,49H,5-9,16,19-23,44H2,1-4H3,(H,45,52)(H,46,51)/t34-,43-/m0/s1. The van der Waals surface area contributed by atoms with Gasteiger partial charge in [0.1, 0.15) is 38.2 Å². The molecular weight excluding hydrogens is 762 g/mol. The van der Waals surface area contributed by atoms with Gasteiger partial charge in [0.2, 0.25) is 17.4 Å².